The van der Waals surface area contributed by atoms with Crippen LogP contribution in [0.15, 0.2) is 23.1 Å². The Morgan fingerprint density at radius 3 is 2.55 bits per heavy atom. The average molecular weight is 301 g/mol. The molecule has 2 aliphatic rings. The fraction of sp³-hybridized carbons (Fsp3) is 0.600. The standard InChI is InChI=1S/C15H18F3NS/c16-15(17,18)11-4-5-13-12(8-11)19-9-14(10-20-13)6-2-1-3-7-14/h4-5,8,19H,1-3,6-7,9-10H2. The van der Waals surface area contributed by atoms with E-state index < -0.39 is 11.7 Å². The summed E-state index contributed by atoms with van der Waals surface area (Å²) in [6.07, 6.45) is 1.88. The zero-order valence-electron chi connectivity index (χ0n) is 11.2. The number of rotatable bonds is 0. The Labute approximate surface area is 121 Å². The lowest BCUT2D eigenvalue weighted by molar-refractivity contribution is -0.137. The highest BCUT2D eigenvalue weighted by atomic mass is 32.2. The van der Waals surface area contributed by atoms with Crippen LogP contribution in [-0.4, -0.2) is 12.3 Å². The number of benzene rings is 1. The van der Waals surface area contributed by atoms with Gasteiger partial charge >= 0.3 is 6.18 Å². The summed E-state index contributed by atoms with van der Waals surface area (Å²) >= 11 is 1.70. The van der Waals surface area contributed by atoms with Gasteiger partial charge in [0, 0.05) is 22.9 Å². The first-order valence-corrected chi connectivity index (χ1v) is 8.05. The Bertz CT molecular complexity index is 492. The van der Waals surface area contributed by atoms with Crippen molar-refractivity contribution in [1.82, 2.24) is 0 Å². The van der Waals surface area contributed by atoms with Crippen LogP contribution in [0.1, 0.15) is 37.7 Å². The highest BCUT2D eigenvalue weighted by molar-refractivity contribution is 7.99. The van der Waals surface area contributed by atoms with Gasteiger partial charge in [0.15, 0.2) is 0 Å². The lowest BCUT2D eigenvalue weighted by Crippen LogP contribution is -2.33. The first-order valence-electron chi connectivity index (χ1n) is 7.07. The van der Waals surface area contributed by atoms with Crippen molar-refractivity contribution < 1.29 is 13.2 Å². The highest BCUT2D eigenvalue weighted by Gasteiger charge is 2.35. The van der Waals surface area contributed by atoms with E-state index in [9.17, 15) is 13.2 Å². The molecule has 1 fully saturated rings. The molecular weight excluding hydrogens is 283 g/mol. The van der Waals surface area contributed by atoms with Crippen LogP contribution in [0, 0.1) is 5.41 Å². The van der Waals surface area contributed by atoms with Crippen LogP contribution in [-0.2, 0) is 6.18 Å². The van der Waals surface area contributed by atoms with Gasteiger partial charge in [0.05, 0.1) is 5.56 Å². The van der Waals surface area contributed by atoms with Crippen LogP contribution < -0.4 is 5.32 Å². The molecule has 1 spiro atoms. The molecule has 0 amide bonds. The zero-order valence-corrected chi connectivity index (χ0v) is 12.0. The van der Waals surface area contributed by atoms with Crippen molar-refractivity contribution in [2.75, 3.05) is 17.6 Å². The minimum Gasteiger partial charge on any atom is -0.384 e. The van der Waals surface area contributed by atoms with E-state index in [2.05, 4.69) is 5.32 Å². The van der Waals surface area contributed by atoms with Crippen molar-refractivity contribution in [2.24, 2.45) is 5.41 Å². The third kappa shape index (κ3) is 2.78. The fourth-order valence-electron chi connectivity index (χ4n) is 3.16. The number of hydrogen-bond acceptors (Lipinski definition) is 2. The molecule has 0 atom stereocenters. The van der Waals surface area contributed by atoms with Gasteiger partial charge in [-0.3, -0.25) is 0 Å². The molecule has 0 aromatic heterocycles. The largest absolute Gasteiger partial charge is 0.416 e. The number of thioether (sulfide) groups is 1. The molecule has 0 radical (unpaired) electrons. The summed E-state index contributed by atoms with van der Waals surface area (Å²) in [7, 11) is 0. The molecule has 110 valence electrons. The van der Waals surface area contributed by atoms with E-state index in [0.29, 0.717) is 5.69 Å². The summed E-state index contributed by atoms with van der Waals surface area (Å²) in [6, 6.07) is 4.05. The topological polar surface area (TPSA) is 12.0 Å². The predicted octanol–water partition coefficient (Wildman–Crippen LogP) is 5.17. The summed E-state index contributed by atoms with van der Waals surface area (Å²) < 4.78 is 38.3. The second-order valence-electron chi connectivity index (χ2n) is 5.91. The van der Waals surface area contributed by atoms with Crippen LogP contribution in [0.3, 0.4) is 0 Å². The SMILES string of the molecule is FC(F)(F)c1ccc2c(c1)NCC1(CCCCC1)CS2. The second-order valence-corrected chi connectivity index (χ2v) is 6.93. The van der Waals surface area contributed by atoms with Crippen molar-refractivity contribution in [3.63, 3.8) is 0 Å². The van der Waals surface area contributed by atoms with Gasteiger partial charge in [0.25, 0.3) is 0 Å². The zero-order chi connectivity index (χ0) is 14.2. The number of fused-ring (bicyclic) bond motifs is 1. The number of hydrogen-bond donors (Lipinski definition) is 1. The molecule has 1 aromatic carbocycles. The molecule has 1 aromatic rings. The van der Waals surface area contributed by atoms with Crippen LogP contribution in [0.5, 0.6) is 0 Å². The van der Waals surface area contributed by atoms with Crippen LogP contribution in [0.4, 0.5) is 18.9 Å². The Morgan fingerprint density at radius 2 is 1.85 bits per heavy atom. The quantitative estimate of drug-likeness (QED) is 0.709. The minimum atomic E-state index is -4.27. The normalized spacial score (nSPS) is 21.9. The summed E-state index contributed by atoms with van der Waals surface area (Å²) in [6.45, 7) is 0.800. The van der Waals surface area contributed by atoms with Crippen LogP contribution in [0.25, 0.3) is 0 Å². The van der Waals surface area contributed by atoms with E-state index in [0.717, 1.165) is 17.2 Å². The molecule has 1 N–H and O–H groups in total. The van der Waals surface area contributed by atoms with Crippen molar-refractivity contribution in [3.05, 3.63) is 23.8 Å². The molecule has 1 nitrogen and oxygen atoms in total. The molecule has 0 unspecified atom stereocenters. The number of anilines is 1. The summed E-state index contributed by atoms with van der Waals surface area (Å²) in [5.41, 5.74) is 0.344. The summed E-state index contributed by atoms with van der Waals surface area (Å²) in [5, 5.41) is 3.28. The van der Waals surface area contributed by atoms with E-state index in [4.69, 9.17) is 0 Å². The van der Waals surface area contributed by atoms with Gasteiger partial charge in [0.1, 0.15) is 0 Å². The van der Waals surface area contributed by atoms with Gasteiger partial charge in [-0.05, 0) is 36.5 Å². The van der Waals surface area contributed by atoms with Gasteiger partial charge in [-0.15, -0.1) is 11.8 Å². The third-order valence-corrected chi connectivity index (χ3v) is 5.83. The van der Waals surface area contributed by atoms with Crippen LogP contribution >= 0.6 is 11.8 Å². The molecule has 1 aliphatic carbocycles. The van der Waals surface area contributed by atoms with Gasteiger partial charge in [-0.1, -0.05) is 19.3 Å². The van der Waals surface area contributed by atoms with Crippen molar-refractivity contribution >= 4 is 17.4 Å². The highest BCUT2D eigenvalue weighted by Crippen LogP contribution is 2.45. The van der Waals surface area contributed by atoms with Crippen molar-refractivity contribution in [3.8, 4) is 0 Å². The van der Waals surface area contributed by atoms with E-state index >= 15 is 0 Å². The summed E-state index contributed by atoms with van der Waals surface area (Å²) in [5.74, 6) is 1.01. The second kappa shape index (κ2) is 5.17. The van der Waals surface area contributed by atoms with Gasteiger partial charge in [-0.2, -0.15) is 13.2 Å². The van der Waals surface area contributed by atoms with Crippen LogP contribution in [0.2, 0.25) is 0 Å². The number of halogens is 3. The third-order valence-electron chi connectivity index (χ3n) is 4.41. The Morgan fingerprint density at radius 1 is 1.10 bits per heavy atom. The maximum Gasteiger partial charge on any atom is 0.416 e. The van der Waals surface area contributed by atoms with Gasteiger partial charge < -0.3 is 5.32 Å². The maximum atomic E-state index is 12.8. The Hall–Kier alpha value is -0.840. The Balaban J connectivity index is 1.83. The molecule has 1 saturated carbocycles. The lowest BCUT2D eigenvalue weighted by Gasteiger charge is -2.35. The van der Waals surface area contributed by atoms with Crippen molar-refractivity contribution in [2.45, 2.75) is 43.2 Å². The summed E-state index contributed by atoms with van der Waals surface area (Å²) in [4.78, 5) is 0.945. The van der Waals surface area contributed by atoms with E-state index in [1.54, 1.807) is 17.8 Å². The number of alkyl halides is 3. The molecule has 1 aliphatic heterocycles. The minimum absolute atomic E-state index is 0.264. The molecule has 3 rings (SSSR count). The van der Waals surface area contributed by atoms with E-state index in [-0.39, 0.29) is 5.41 Å². The van der Waals surface area contributed by atoms with Gasteiger partial charge in [0.2, 0.25) is 0 Å². The molecule has 0 bridgehead atoms. The van der Waals surface area contributed by atoms with Gasteiger partial charge in [-0.25, -0.2) is 0 Å². The molecule has 20 heavy (non-hydrogen) atoms. The Kier molecular flexibility index (Phi) is 3.65. The molecule has 0 saturated heterocycles. The first-order chi connectivity index (χ1) is 9.49. The molecule has 5 heteroatoms. The first kappa shape index (κ1) is 14.1. The monoisotopic (exact) mass is 301 g/mol. The smallest absolute Gasteiger partial charge is 0.384 e. The molecular formula is C15H18F3NS. The lowest BCUT2D eigenvalue weighted by atomic mass is 9.75. The maximum absolute atomic E-state index is 12.8. The van der Waals surface area contributed by atoms with E-state index in [1.165, 1.54) is 44.2 Å². The average Bonchev–Trinajstić information content (AvgIpc) is 2.59. The molecule has 1 heterocycles. The number of nitrogens with one attached hydrogen (secondary N) is 1. The predicted molar refractivity (Wildman–Crippen MR) is 76.2 cm³/mol. The fourth-order valence-corrected chi connectivity index (χ4v) is 4.46. The van der Waals surface area contributed by atoms with Crippen molar-refractivity contribution in [1.29, 1.82) is 0 Å². The van der Waals surface area contributed by atoms with E-state index in [1.807, 2.05) is 0 Å².